The number of nitrogens with one attached hydrogen (secondary N) is 1. The van der Waals surface area contributed by atoms with Gasteiger partial charge in [0.2, 0.25) is 0 Å². The SMILES string of the molecule is N#Cc1ccc(C(=O)CNc2ccccc2C(=O)O)cc1. The van der Waals surface area contributed by atoms with Gasteiger partial charge >= 0.3 is 5.97 Å². The molecular formula is C16H12N2O3. The molecule has 21 heavy (non-hydrogen) atoms. The molecule has 2 aromatic carbocycles. The maximum absolute atomic E-state index is 12.0. The van der Waals surface area contributed by atoms with Gasteiger partial charge in [-0.2, -0.15) is 5.26 Å². The topological polar surface area (TPSA) is 90.2 Å². The van der Waals surface area contributed by atoms with E-state index in [4.69, 9.17) is 10.4 Å². The average Bonchev–Trinajstić information content (AvgIpc) is 2.52. The van der Waals surface area contributed by atoms with E-state index in [1.165, 1.54) is 6.07 Å². The van der Waals surface area contributed by atoms with Gasteiger partial charge in [0.15, 0.2) is 5.78 Å². The van der Waals surface area contributed by atoms with Gasteiger partial charge in [0, 0.05) is 11.3 Å². The number of anilines is 1. The number of rotatable bonds is 5. The number of Topliss-reactive ketones (excluding diaryl/α,β-unsaturated/α-hetero) is 1. The van der Waals surface area contributed by atoms with Crippen LogP contribution in [-0.4, -0.2) is 23.4 Å². The first kappa shape index (κ1) is 14.3. The van der Waals surface area contributed by atoms with Crippen molar-refractivity contribution in [2.24, 2.45) is 0 Å². The number of hydrogen-bond acceptors (Lipinski definition) is 4. The quantitative estimate of drug-likeness (QED) is 0.821. The molecule has 0 bridgehead atoms. The summed E-state index contributed by atoms with van der Waals surface area (Å²) < 4.78 is 0. The van der Waals surface area contributed by atoms with Crippen LogP contribution >= 0.6 is 0 Å². The number of benzene rings is 2. The lowest BCUT2D eigenvalue weighted by molar-refractivity contribution is 0.0697. The van der Waals surface area contributed by atoms with Gasteiger partial charge in [-0.25, -0.2) is 4.79 Å². The summed E-state index contributed by atoms with van der Waals surface area (Å²) in [7, 11) is 0. The minimum Gasteiger partial charge on any atom is -0.478 e. The van der Waals surface area contributed by atoms with Crippen LogP contribution in [0.15, 0.2) is 48.5 Å². The molecule has 0 aromatic heterocycles. The molecule has 0 atom stereocenters. The lowest BCUT2D eigenvalue weighted by Crippen LogP contribution is -2.15. The van der Waals surface area contributed by atoms with E-state index < -0.39 is 5.97 Å². The Labute approximate surface area is 121 Å². The molecule has 0 unspecified atom stereocenters. The smallest absolute Gasteiger partial charge is 0.337 e. The molecule has 2 N–H and O–H groups in total. The van der Waals surface area contributed by atoms with Crippen molar-refractivity contribution in [1.29, 1.82) is 5.26 Å². The second-order valence-corrected chi connectivity index (χ2v) is 4.32. The minimum atomic E-state index is -1.05. The van der Waals surface area contributed by atoms with E-state index in [0.717, 1.165) is 0 Å². The molecule has 0 amide bonds. The van der Waals surface area contributed by atoms with Crippen molar-refractivity contribution in [1.82, 2.24) is 0 Å². The molecular weight excluding hydrogens is 268 g/mol. The summed E-state index contributed by atoms with van der Waals surface area (Å²) in [5, 5.41) is 20.6. The average molecular weight is 280 g/mol. The first-order valence-corrected chi connectivity index (χ1v) is 6.21. The van der Waals surface area contributed by atoms with E-state index in [0.29, 0.717) is 16.8 Å². The molecule has 0 aliphatic carbocycles. The van der Waals surface area contributed by atoms with Crippen molar-refractivity contribution in [3.05, 3.63) is 65.2 Å². The molecule has 5 heteroatoms. The van der Waals surface area contributed by atoms with Gasteiger partial charge in [-0.05, 0) is 24.3 Å². The Bertz CT molecular complexity index is 715. The monoisotopic (exact) mass is 280 g/mol. The fraction of sp³-hybridized carbons (Fsp3) is 0.0625. The highest BCUT2D eigenvalue weighted by atomic mass is 16.4. The second kappa shape index (κ2) is 6.35. The van der Waals surface area contributed by atoms with Gasteiger partial charge in [0.1, 0.15) is 0 Å². The lowest BCUT2D eigenvalue weighted by atomic mass is 10.1. The molecule has 0 spiro atoms. The highest BCUT2D eigenvalue weighted by Gasteiger charge is 2.11. The predicted molar refractivity (Wildman–Crippen MR) is 77.4 cm³/mol. The molecule has 2 rings (SSSR count). The Morgan fingerprint density at radius 2 is 1.76 bits per heavy atom. The van der Waals surface area contributed by atoms with Crippen LogP contribution in [0.2, 0.25) is 0 Å². The molecule has 2 aromatic rings. The summed E-state index contributed by atoms with van der Waals surface area (Å²) in [5.41, 5.74) is 1.46. The predicted octanol–water partition coefficient (Wildman–Crippen LogP) is 2.55. The lowest BCUT2D eigenvalue weighted by Gasteiger charge is -2.08. The molecule has 0 aliphatic rings. The number of hydrogen-bond donors (Lipinski definition) is 2. The molecule has 5 nitrogen and oxygen atoms in total. The highest BCUT2D eigenvalue weighted by Crippen LogP contribution is 2.15. The third kappa shape index (κ3) is 3.45. The Hall–Kier alpha value is -3.13. The largest absolute Gasteiger partial charge is 0.478 e. The van der Waals surface area contributed by atoms with Crippen molar-refractivity contribution in [2.75, 3.05) is 11.9 Å². The molecule has 104 valence electrons. The van der Waals surface area contributed by atoms with Gasteiger partial charge < -0.3 is 10.4 Å². The number of carboxylic acids is 1. The third-order valence-corrected chi connectivity index (χ3v) is 2.93. The number of nitriles is 1. The summed E-state index contributed by atoms with van der Waals surface area (Å²) in [6, 6.07) is 14.7. The van der Waals surface area contributed by atoms with Crippen LogP contribution in [0, 0.1) is 11.3 Å². The molecule has 0 saturated carbocycles. The number of carboxylic acid groups (broad SMARTS) is 1. The number of ketones is 1. The van der Waals surface area contributed by atoms with Crippen LogP contribution in [0.5, 0.6) is 0 Å². The normalized spacial score (nSPS) is 9.67. The molecule has 0 saturated heterocycles. The number of carbonyl (C=O) groups is 2. The van der Waals surface area contributed by atoms with E-state index in [2.05, 4.69) is 5.32 Å². The summed E-state index contributed by atoms with van der Waals surface area (Å²) in [4.78, 5) is 23.1. The minimum absolute atomic E-state index is 0.0177. The van der Waals surface area contributed by atoms with E-state index in [1.54, 1.807) is 42.5 Å². The van der Waals surface area contributed by atoms with Gasteiger partial charge in [0.05, 0.1) is 23.7 Å². The van der Waals surface area contributed by atoms with Crippen LogP contribution in [0.4, 0.5) is 5.69 Å². The summed E-state index contributed by atoms with van der Waals surface area (Å²) in [5.74, 6) is -1.23. The van der Waals surface area contributed by atoms with Gasteiger partial charge in [-0.3, -0.25) is 4.79 Å². The first-order chi connectivity index (χ1) is 10.1. The maximum Gasteiger partial charge on any atom is 0.337 e. The van der Waals surface area contributed by atoms with Crippen molar-refractivity contribution in [3.63, 3.8) is 0 Å². The zero-order valence-corrected chi connectivity index (χ0v) is 11.0. The Morgan fingerprint density at radius 1 is 1.10 bits per heavy atom. The van der Waals surface area contributed by atoms with E-state index >= 15 is 0 Å². The second-order valence-electron chi connectivity index (χ2n) is 4.32. The van der Waals surface area contributed by atoms with Crippen molar-refractivity contribution in [3.8, 4) is 6.07 Å². The fourth-order valence-corrected chi connectivity index (χ4v) is 1.83. The molecule has 0 radical (unpaired) electrons. The van der Waals surface area contributed by atoms with E-state index in [9.17, 15) is 9.59 Å². The number of aromatic carboxylic acids is 1. The molecule has 0 fully saturated rings. The fourth-order valence-electron chi connectivity index (χ4n) is 1.83. The standard InChI is InChI=1S/C16H12N2O3/c17-9-11-5-7-12(8-6-11)15(19)10-18-14-4-2-1-3-13(14)16(20)21/h1-8,18H,10H2,(H,20,21). The van der Waals surface area contributed by atoms with Crippen LogP contribution in [-0.2, 0) is 0 Å². The molecule has 0 heterocycles. The van der Waals surface area contributed by atoms with Crippen molar-refractivity contribution >= 4 is 17.4 Å². The van der Waals surface area contributed by atoms with Gasteiger partial charge in [0.25, 0.3) is 0 Å². The maximum atomic E-state index is 12.0. The van der Waals surface area contributed by atoms with Crippen molar-refractivity contribution < 1.29 is 14.7 Å². The zero-order chi connectivity index (χ0) is 15.2. The number of nitrogens with zero attached hydrogens (tertiary/aromatic N) is 1. The van der Waals surface area contributed by atoms with Crippen LogP contribution in [0.25, 0.3) is 0 Å². The van der Waals surface area contributed by atoms with Crippen LogP contribution < -0.4 is 5.32 Å². The zero-order valence-electron chi connectivity index (χ0n) is 11.0. The summed E-state index contributed by atoms with van der Waals surface area (Å²) in [6.45, 7) is -0.0177. The first-order valence-electron chi connectivity index (χ1n) is 6.21. The van der Waals surface area contributed by atoms with Crippen LogP contribution in [0.1, 0.15) is 26.3 Å². The number of para-hydroxylation sites is 1. The van der Waals surface area contributed by atoms with E-state index in [1.807, 2.05) is 6.07 Å². The summed E-state index contributed by atoms with van der Waals surface area (Å²) in [6.07, 6.45) is 0. The summed E-state index contributed by atoms with van der Waals surface area (Å²) >= 11 is 0. The Balaban J connectivity index is 2.07. The molecule has 0 aliphatic heterocycles. The van der Waals surface area contributed by atoms with Gasteiger partial charge in [-0.1, -0.05) is 24.3 Å². The van der Waals surface area contributed by atoms with Gasteiger partial charge in [-0.15, -0.1) is 0 Å². The Kier molecular flexibility index (Phi) is 4.32. The third-order valence-electron chi connectivity index (χ3n) is 2.93. The number of carbonyl (C=O) groups excluding carboxylic acids is 1. The van der Waals surface area contributed by atoms with Crippen molar-refractivity contribution in [2.45, 2.75) is 0 Å². The Morgan fingerprint density at radius 3 is 2.38 bits per heavy atom. The highest BCUT2D eigenvalue weighted by molar-refractivity contribution is 6.00. The van der Waals surface area contributed by atoms with E-state index in [-0.39, 0.29) is 17.9 Å². The van der Waals surface area contributed by atoms with Crippen LogP contribution in [0.3, 0.4) is 0 Å².